The summed E-state index contributed by atoms with van der Waals surface area (Å²) >= 11 is 0. The molecule has 1 unspecified atom stereocenters. The number of carbonyl (C=O) groups excluding carboxylic acids is 2. The van der Waals surface area contributed by atoms with Crippen molar-refractivity contribution < 1.29 is 19.1 Å². The lowest BCUT2D eigenvalue weighted by Crippen LogP contribution is -2.46. The second-order valence-corrected chi connectivity index (χ2v) is 7.29. The Kier molecular flexibility index (Phi) is 4.88. The highest BCUT2D eigenvalue weighted by atomic mass is 16.5. The zero-order valence-corrected chi connectivity index (χ0v) is 15.1. The monoisotopic (exact) mass is 346 g/mol. The van der Waals surface area contributed by atoms with Gasteiger partial charge in [-0.2, -0.15) is 0 Å². The number of ether oxygens (including phenoxy) is 2. The summed E-state index contributed by atoms with van der Waals surface area (Å²) in [5, 5.41) is 2.87. The molecule has 3 rings (SSSR count). The second kappa shape index (κ2) is 6.94. The smallest absolute Gasteiger partial charge is 0.242 e. The number of likely N-dealkylation sites (tertiary alicyclic amines) is 1. The molecule has 0 bridgehead atoms. The molecule has 0 spiro atoms. The quantitative estimate of drug-likeness (QED) is 0.827. The van der Waals surface area contributed by atoms with Crippen molar-refractivity contribution in [3.05, 3.63) is 23.8 Å². The van der Waals surface area contributed by atoms with Crippen LogP contribution in [0.25, 0.3) is 0 Å². The van der Waals surface area contributed by atoms with Gasteiger partial charge >= 0.3 is 0 Å². The largest absolute Gasteiger partial charge is 0.488 e. The third-order valence-corrected chi connectivity index (χ3v) is 4.67. The molecular formula is C19H26N2O4. The average molecular weight is 346 g/mol. The number of hydrogen-bond donors (Lipinski definition) is 1. The van der Waals surface area contributed by atoms with Gasteiger partial charge in [0.1, 0.15) is 18.2 Å². The number of para-hydroxylation sites is 1. The Balaban J connectivity index is 1.49. The summed E-state index contributed by atoms with van der Waals surface area (Å²) in [6, 6.07) is 5.55. The van der Waals surface area contributed by atoms with Crippen LogP contribution in [-0.2, 0) is 16.0 Å². The highest BCUT2D eigenvalue weighted by molar-refractivity contribution is 5.87. The number of nitrogens with zero attached hydrogens (tertiary/aromatic N) is 1. The Bertz CT molecular complexity index is 671. The summed E-state index contributed by atoms with van der Waals surface area (Å²) in [7, 11) is 0. The van der Waals surface area contributed by atoms with Crippen molar-refractivity contribution in [2.45, 2.75) is 51.7 Å². The summed E-state index contributed by atoms with van der Waals surface area (Å²) < 4.78 is 11.8. The maximum Gasteiger partial charge on any atom is 0.242 e. The Labute approximate surface area is 148 Å². The predicted molar refractivity (Wildman–Crippen MR) is 93.8 cm³/mol. The molecule has 2 heterocycles. The fourth-order valence-corrected chi connectivity index (χ4v) is 3.57. The van der Waals surface area contributed by atoms with Crippen molar-refractivity contribution in [2.75, 3.05) is 19.7 Å². The molecule has 0 aliphatic carbocycles. The first kappa shape index (κ1) is 17.6. The van der Waals surface area contributed by atoms with Gasteiger partial charge in [-0.25, -0.2) is 0 Å². The molecule has 2 aliphatic rings. The van der Waals surface area contributed by atoms with Crippen molar-refractivity contribution in [3.63, 3.8) is 0 Å². The van der Waals surface area contributed by atoms with Crippen LogP contribution in [0.1, 0.15) is 39.2 Å². The summed E-state index contributed by atoms with van der Waals surface area (Å²) in [5.41, 5.74) is 0.934. The standard InChI is InChI=1S/C19H26N2O4/c1-13(22)21-10-5-7-15(21)18(23)20-9-11-24-16-8-4-6-14-12-19(2,3)25-17(14)16/h4,6,8,15H,5,7,9-12H2,1-3H3,(H,20,23). The molecular weight excluding hydrogens is 320 g/mol. The molecule has 6 nitrogen and oxygen atoms in total. The van der Waals surface area contributed by atoms with Gasteiger partial charge in [-0.1, -0.05) is 12.1 Å². The number of rotatable bonds is 5. The van der Waals surface area contributed by atoms with Crippen LogP contribution in [0.5, 0.6) is 11.5 Å². The minimum Gasteiger partial charge on any atom is -0.488 e. The van der Waals surface area contributed by atoms with Crippen LogP contribution in [0, 0.1) is 0 Å². The third kappa shape index (κ3) is 3.89. The average Bonchev–Trinajstić information content (AvgIpc) is 3.14. The van der Waals surface area contributed by atoms with E-state index in [1.807, 2.05) is 12.1 Å². The van der Waals surface area contributed by atoms with Crippen molar-refractivity contribution in [3.8, 4) is 11.5 Å². The van der Waals surface area contributed by atoms with Gasteiger partial charge < -0.3 is 19.7 Å². The van der Waals surface area contributed by atoms with Crippen LogP contribution >= 0.6 is 0 Å². The molecule has 0 saturated carbocycles. The van der Waals surface area contributed by atoms with Gasteiger partial charge in [0.05, 0.1) is 6.54 Å². The number of hydrogen-bond acceptors (Lipinski definition) is 4. The van der Waals surface area contributed by atoms with E-state index in [1.54, 1.807) is 4.90 Å². The Morgan fingerprint density at radius 2 is 2.20 bits per heavy atom. The van der Waals surface area contributed by atoms with Gasteiger partial charge in [0, 0.05) is 25.5 Å². The fraction of sp³-hybridized carbons (Fsp3) is 0.579. The molecule has 1 fully saturated rings. The van der Waals surface area contributed by atoms with E-state index in [9.17, 15) is 9.59 Å². The molecule has 1 aromatic carbocycles. The number of benzene rings is 1. The lowest BCUT2D eigenvalue weighted by atomic mass is 10.0. The minimum absolute atomic E-state index is 0.0477. The van der Waals surface area contributed by atoms with Crippen LogP contribution in [0.4, 0.5) is 0 Å². The summed E-state index contributed by atoms with van der Waals surface area (Å²) in [6.07, 6.45) is 2.46. The van der Waals surface area contributed by atoms with Crippen LogP contribution in [0.2, 0.25) is 0 Å². The van der Waals surface area contributed by atoms with E-state index in [4.69, 9.17) is 9.47 Å². The summed E-state index contributed by atoms with van der Waals surface area (Å²) in [6.45, 7) is 7.03. The van der Waals surface area contributed by atoms with Gasteiger partial charge in [-0.05, 0) is 32.8 Å². The van der Waals surface area contributed by atoms with E-state index in [2.05, 4.69) is 25.2 Å². The van der Waals surface area contributed by atoms with E-state index in [0.717, 1.165) is 30.6 Å². The zero-order valence-electron chi connectivity index (χ0n) is 15.1. The number of carbonyl (C=O) groups is 2. The number of nitrogens with one attached hydrogen (secondary N) is 1. The highest BCUT2D eigenvalue weighted by Crippen LogP contribution is 2.41. The molecule has 1 saturated heterocycles. The topological polar surface area (TPSA) is 67.9 Å². The maximum atomic E-state index is 12.3. The lowest BCUT2D eigenvalue weighted by Gasteiger charge is -2.22. The molecule has 0 aromatic heterocycles. The summed E-state index contributed by atoms with van der Waals surface area (Å²) in [5.74, 6) is 1.36. The van der Waals surface area contributed by atoms with Crippen LogP contribution in [0.3, 0.4) is 0 Å². The van der Waals surface area contributed by atoms with Crippen LogP contribution < -0.4 is 14.8 Å². The number of fused-ring (bicyclic) bond motifs is 1. The van der Waals surface area contributed by atoms with E-state index < -0.39 is 0 Å². The van der Waals surface area contributed by atoms with Gasteiger partial charge in [-0.3, -0.25) is 9.59 Å². The predicted octanol–water partition coefficient (Wildman–Crippen LogP) is 1.91. The molecule has 136 valence electrons. The molecule has 6 heteroatoms. The molecule has 1 N–H and O–H groups in total. The van der Waals surface area contributed by atoms with Gasteiger partial charge in [0.15, 0.2) is 11.5 Å². The van der Waals surface area contributed by atoms with Crippen LogP contribution in [-0.4, -0.2) is 48.1 Å². The first-order valence-corrected chi connectivity index (χ1v) is 8.86. The third-order valence-electron chi connectivity index (χ3n) is 4.67. The first-order valence-electron chi connectivity index (χ1n) is 8.86. The zero-order chi connectivity index (χ0) is 18.0. The molecule has 0 radical (unpaired) electrons. The first-order chi connectivity index (χ1) is 11.9. The van der Waals surface area contributed by atoms with E-state index in [0.29, 0.717) is 25.4 Å². The lowest BCUT2D eigenvalue weighted by molar-refractivity contribution is -0.136. The Morgan fingerprint density at radius 1 is 1.40 bits per heavy atom. The normalized spacial score (nSPS) is 20.8. The van der Waals surface area contributed by atoms with E-state index in [1.165, 1.54) is 6.92 Å². The van der Waals surface area contributed by atoms with E-state index in [-0.39, 0.29) is 23.5 Å². The molecule has 1 aromatic rings. The number of amides is 2. The minimum atomic E-state index is -0.345. The van der Waals surface area contributed by atoms with Crippen molar-refractivity contribution in [1.82, 2.24) is 10.2 Å². The van der Waals surface area contributed by atoms with Gasteiger partial charge in [0.25, 0.3) is 0 Å². The van der Waals surface area contributed by atoms with Crippen molar-refractivity contribution in [1.29, 1.82) is 0 Å². The van der Waals surface area contributed by atoms with Crippen molar-refractivity contribution in [2.24, 2.45) is 0 Å². The molecule has 25 heavy (non-hydrogen) atoms. The van der Waals surface area contributed by atoms with Crippen LogP contribution in [0.15, 0.2) is 18.2 Å². The maximum absolute atomic E-state index is 12.3. The summed E-state index contributed by atoms with van der Waals surface area (Å²) in [4.78, 5) is 25.4. The Morgan fingerprint density at radius 3 is 2.96 bits per heavy atom. The van der Waals surface area contributed by atoms with Gasteiger partial charge in [0.2, 0.25) is 11.8 Å². The Hall–Kier alpha value is -2.24. The molecule has 2 aliphatic heterocycles. The van der Waals surface area contributed by atoms with Gasteiger partial charge in [-0.15, -0.1) is 0 Å². The SMILES string of the molecule is CC(=O)N1CCCC1C(=O)NCCOc1cccc2c1OC(C)(C)C2. The van der Waals surface area contributed by atoms with Crippen molar-refractivity contribution >= 4 is 11.8 Å². The highest BCUT2D eigenvalue weighted by Gasteiger charge is 2.33. The fourth-order valence-electron chi connectivity index (χ4n) is 3.57. The van der Waals surface area contributed by atoms with E-state index >= 15 is 0 Å². The second-order valence-electron chi connectivity index (χ2n) is 7.29. The molecule has 2 amide bonds. The molecule has 1 atom stereocenters.